The molecule has 1 aliphatic heterocycles. The molecule has 0 spiro atoms. The number of benzene rings is 3. The largest absolute Gasteiger partial charge is 0.465 e. The van der Waals surface area contributed by atoms with Crippen molar-refractivity contribution in [3.8, 4) is 6.07 Å². The van der Waals surface area contributed by atoms with Crippen molar-refractivity contribution in [2.24, 2.45) is 10.8 Å². The van der Waals surface area contributed by atoms with Crippen molar-refractivity contribution in [1.82, 2.24) is 4.31 Å². The Kier molecular flexibility index (Phi) is 7.67. The predicted octanol–water partition coefficient (Wildman–Crippen LogP) is 4.83. The Morgan fingerprint density at radius 3 is 2.23 bits per heavy atom. The van der Waals surface area contributed by atoms with Crippen molar-refractivity contribution in [1.29, 1.82) is 5.26 Å². The molecular weight excluding hydrogens is 518 g/mol. The Morgan fingerprint density at radius 1 is 1.13 bits per heavy atom. The first-order chi connectivity index (χ1) is 18.7. The number of carbonyl (C=O) groups is 1. The van der Waals surface area contributed by atoms with Crippen LogP contribution in [0.5, 0.6) is 0 Å². The lowest BCUT2D eigenvalue weighted by Crippen LogP contribution is -2.48. The summed E-state index contributed by atoms with van der Waals surface area (Å²) in [5, 5.41) is 22.0. The quantitative estimate of drug-likeness (QED) is 0.163. The van der Waals surface area contributed by atoms with Crippen molar-refractivity contribution in [3.63, 3.8) is 0 Å². The number of nitro benzene ring substituents is 1. The summed E-state index contributed by atoms with van der Waals surface area (Å²) in [7, 11) is -4.38. The third-order valence-electron chi connectivity index (χ3n) is 7.22. The van der Waals surface area contributed by atoms with Crippen molar-refractivity contribution in [3.05, 3.63) is 119 Å². The standard InChI is InChI=1S/C29H27N3O6S/c1-3-28(19-22-11-7-5-8-12-22)21-31(39(36,37)25-17-15-24(16-18-25)32(34)35)26(23-13-9-6-10-14-23)29(28,20-30)27(33)38-4-2/h3,5-18,26H,1,4,19,21H2,2H3/t26-,28-,29+/m0/s1. The molecule has 0 aromatic heterocycles. The molecule has 3 atom stereocenters. The maximum atomic E-state index is 14.2. The van der Waals surface area contributed by atoms with Crippen LogP contribution in [0.15, 0.2) is 102 Å². The summed E-state index contributed by atoms with van der Waals surface area (Å²) in [5.74, 6) is -0.849. The highest BCUT2D eigenvalue weighted by Gasteiger charge is 2.70. The minimum atomic E-state index is -4.38. The third-order valence-corrected chi connectivity index (χ3v) is 9.04. The highest BCUT2D eigenvalue weighted by atomic mass is 32.2. The van der Waals surface area contributed by atoms with Crippen LogP contribution in [0.1, 0.15) is 24.1 Å². The fraction of sp³-hybridized carbons (Fsp3) is 0.241. The summed E-state index contributed by atoms with van der Waals surface area (Å²) in [6.45, 7) is 5.34. The molecule has 0 bridgehead atoms. The molecule has 39 heavy (non-hydrogen) atoms. The van der Waals surface area contributed by atoms with E-state index in [0.29, 0.717) is 5.56 Å². The van der Waals surface area contributed by atoms with E-state index in [1.54, 1.807) is 37.3 Å². The number of hydrogen-bond donors (Lipinski definition) is 0. The van der Waals surface area contributed by atoms with Crippen LogP contribution >= 0.6 is 0 Å². The fourth-order valence-corrected chi connectivity index (χ4v) is 7.07. The number of hydrogen-bond acceptors (Lipinski definition) is 7. The van der Waals surface area contributed by atoms with Crippen LogP contribution in [0.25, 0.3) is 0 Å². The van der Waals surface area contributed by atoms with E-state index in [1.807, 2.05) is 30.3 Å². The van der Waals surface area contributed by atoms with Gasteiger partial charge in [0.2, 0.25) is 10.0 Å². The zero-order valence-electron chi connectivity index (χ0n) is 21.3. The van der Waals surface area contributed by atoms with E-state index in [4.69, 9.17) is 4.74 Å². The molecule has 0 aliphatic carbocycles. The van der Waals surface area contributed by atoms with Crippen molar-refractivity contribution in [2.75, 3.05) is 13.2 Å². The topological polar surface area (TPSA) is 131 Å². The molecule has 0 amide bonds. The van der Waals surface area contributed by atoms with Gasteiger partial charge in [-0.3, -0.25) is 14.9 Å². The molecule has 1 saturated heterocycles. The van der Waals surface area contributed by atoms with E-state index >= 15 is 0 Å². The van der Waals surface area contributed by atoms with Crippen LogP contribution in [-0.2, 0) is 26.0 Å². The molecule has 0 unspecified atom stereocenters. The van der Waals surface area contributed by atoms with Crippen LogP contribution in [0.3, 0.4) is 0 Å². The van der Waals surface area contributed by atoms with Gasteiger partial charge in [0.1, 0.15) is 0 Å². The molecule has 9 nitrogen and oxygen atoms in total. The van der Waals surface area contributed by atoms with Gasteiger partial charge in [0.25, 0.3) is 5.69 Å². The van der Waals surface area contributed by atoms with Gasteiger partial charge in [0, 0.05) is 24.1 Å². The van der Waals surface area contributed by atoms with E-state index in [-0.39, 0.29) is 30.2 Å². The minimum Gasteiger partial charge on any atom is -0.465 e. The molecule has 1 fully saturated rings. The number of ether oxygens (including phenoxy) is 1. The fourth-order valence-electron chi connectivity index (χ4n) is 5.36. The predicted molar refractivity (Wildman–Crippen MR) is 144 cm³/mol. The van der Waals surface area contributed by atoms with Crippen molar-refractivity contribution in [2.45, 2.75) is 24.3 Å². The number of nitro groups is 1. The molecular formula is C29H27N3O6S. The van der Waals surface area contributed by atoms with Crippen molar-refractivity contribution < 1.29 is 22.9 Å². The molecule has 3 aromatic carbocycles. The molecule has 4 rings (SSSR count). The second kappa shape index (κ2) is 10.8. The van der Waals surface area contributed by atoms with Crippen LogP contribution in [-0.4, -0.2) is 36.8 Å². The van der Waals surface area contributed by atoms with Gasteiger partial charge in [-0.1, -0.05) is 66.7 Å². The van der Waals surface area contributed by atoms with Crippen LogP contribution in [0.4, 0.5) is 5.69 Å². The average Bonchev–Trinajstić information content (AvgIpc) is 3.26. The molecule has 0 N–H and O–H groups in total. The van der Waals surface area contributed by atoms with E-state index in [2.05, 4.69) is 12.6 Å². The lowest BCUT2D eigenvalue weighted by Gasteiger charge is -2.39. The van der Waals surface area contributed by atoms with Gasteiger partial charge in [0.15, 0.2) is 5.41 Å². The number of rotatable bonds is 9. The summed E-state index contributed by atoms with van der Waals surface area (Å²) in [4.78, 5) is 24.2. The first-order valence-electron chi connectivity index (χ1n) is 12.2. The minimum absolute atomic E-state index is 0.0164. The number of esters is 1. The maximum absolute atomic E-state index is 14.2. The number of nitriles is 1. The highest BCUT2D eigenvalue weighted by molar-refractivity contribution is 7.89. The Labute approximate surface area is 227 Å². The summed E-state index contributed by atoms with van der Waals surface area (Å²) in [6, 6.07) is 23.1. The molecule has 200 valence electrons. The van der Waals surface area contributed by atoms with Crippen LogP contribution in [0.2, 0.25) is 0 Å². The second-order valence-corrected chi connectivity index (χ2v) is 11.2. The van der Waals surface area contributed by atoms with Gasteiger partial charge in [-0.25, -0.2) is 8.42 Å². The normalized spacial score (nSPS) is 23.0. The number of sulfonamides is 1. The molecule has 0 saturated carbocycles. The highest BCUT2D eigenvalue weighted by Crippen LogP contribution is 2.61. The first-order valence-corrected chi connectivity index (χ1v) is 13.7. The van der Waals surface area contributed by atoms with E-state index in [9.17, 15) is 28.6 Å². The summed E-state index contributed by atoms with van der Waals surface area (Å²) < 4.78 is 35.0. The first kappa shape index (κ1) is 27.7. The Balaban J connectivity index is 2.01. The van der Waals surface area contributed by atoms with Crippen LogP contribution < -0.4 is 0 Å². The maximum Gasteiger partial charge on any atom is 0.329 e. The number of nitrogens with zero attached hydrogens (tertiary/aromatic N) is 3. The molecule has 1 heterocycles. The van der Waals surface area contributed by atoms with Gasteiger partial charge in [-0.05, 0) is 36.6 Å². The van der Waals surface area contributed by atoms with E-state index in [1.165, 1.54) is 6.08 Å². The zero-order valence-corrected chi connectivity index (χ0v) is 22.1. The van der Waals surface area contributed by atoms with E-state index < -0.39 is 37.8 Å². The molecule has 1 aliphatic rings. The zero-order chi connectivity index (χ0) is 28.3. The smallest absolute Gasteiger partial charge is 0.329 e. The lowest BCUT2D eigenvalue weighted by atomic mass is 9.59. The average molecular weight is 546 g/mol. The molecule has 0 radical (unpaired) electrons. The molecule has 10 heteroatoms. The summed E-state index contributed by atoms with van der Waals surface area (Å²) in [5.41, 5.74) is -2.45. The Hall–Kier alpha value is -4.33. The Bertz CT molecular complexity index is 1520. The Morgan fingerprint density at radius 2 is 1.72 bits per heavy atom. The monoisotopic (exact) mass is 545 g/mol. The SMILES string of the molecule is C=C[C@]1(Cc2ccccc2)CN(S(=O)(=O)c2ccc([N+](=O)[O-])cc2)[C@@H](c2ccccc2)[C@]1(C#N)C(=O)OCC. The van der Waals surface area contributed by atoms with Gasteiger partial charge in [-0.2, -0.15) is 9.57 Å². The van der Waals surface area contributed by atoms with Gasteiger partial charge >= 0.3 is 5.97 Å². The lowest BCUT2D eigenvalue weighted by molar-refractivity contribution is -0.384. The van der Waals surface area contributed by atoms with Gasteiger partial charge < -0.3 is 4.74 Å². The second-order valence-electron chi connectivity index (χ2n) is 9.28. The summed E-state index contributed by atoms with van der Waals surface area (Å²) >= 11 is 0. The van der Waals surface area contributed by atoms with E-state index in [0.717, 1.165) is 34.1 Å². The van der Waals surface area contributed by atoms with Crippen LogP contribution in [0, 0.1) is 32.3 Å². The third kappa shape index (κ3) is 4.60. The van der Waals surface area contributed by atoms with Gasteiger partial charge in [0.05, 0.1) is 28.5 Å². The number of carbonyl (C=O) groups excluding carboxylic acids is 1. The number of non-ortho nitro benzene ring substituents is 1. The molecule has 3 aromatic rings. The van der Waals surface area contributed by atoms with Gasteiger partial charge in [-0.15, -0.1) is 6.58 Å². The summed E-state index contributed by atoms with van der Waals surface area (Å²) in [6.07, 6.45) is 1.63. The van der Waals surface area contributed by atoms with Crippen molar-refractivity contribution >= 4 is 21.7 Å².